The van der Waals surface area contributed by atoms with E-state index in [1.54, 1.807) is 25.1 Å². The van der Waals surface area contributed by atoms with Crippen molar-refractivity contribution in [3.8, 4) is 0 Å². The molecule has 0 heterocycles. The third kappa shape index (κ3) is 4.78. The monoisotopic (exact) mass is 314 g/mol. The number of benzene rings is 1. The van der Waals surface area contributed by atoms with E-state index in [2.05, 4.69) is 5.32 Å². The summed E-state index contributed by atoms with van der Waals surface area (Å²) >= 11 is 0. The van der Waals surface area contributed by atoms with Gasteiger partial charge < -0.3 is 10.4 Å². The minimum atomic E-state index is -3.50. The molecule has 0 aliphatic heterocycles. The normalized spacial score (nSPS) is 13.6. The largest absolute Gasteiger partial charge is 0.396 e. The molecule has 0 spiro atoms. The Balaban J connectivity index is 3.04. The van der Waals surface area contributed by atoms with Crippen LogP contribution in [0.15, 0.2) is 29.2 Å². The van der Waals surface area contributed by atoms with Crippen LogP contribution in [0.3, 0.4) is 0 Å². The molecule has 0 aromatic heterocycles. The van der Waals surface area contributed by atoms with Gasteiger partial charge in [0.2, 0.25) is 10.0 Å². The molecule has 120 valence electrons. The second kappa shape index (κ2) is 8.48. The Kier molecular flexibility index (Phi) is 7.31. The van der Waals surface area contributed by atoms with Crippen LogP contribution in [0.1, 0.15) is 38.8 Å². The lowest BCUT2D eigenvalue weighted by Gasteiger charge is -2.21. The number of rotatable bonds is 9. The van der Waals surface area contributed by atoms with Crippen LogP contribution in [0.25, 0.3) is 0 Å². The van der Waals surface area contributed by atoms with E-state index in [0.717, 1.165) is 12.1 Å². The van der Waals surface area contributed by atoms with Crippen molar-refractivity contribution in [1.82, 2.24) is 9.62 Å². The van der Waals surface area contributed by atoms with Gasteiger partial charge in [-0.1, -0.05) is 26.0 Å². The highest BCUT2D eigenvalue weighted by Crippen LogP contribution is 2.20. The summed E-state index contributed by atoms with van der Waals surface area (Å²) in [5, 5.41) is 12.2. The SMILES string of the molecule is CCNC(C)c1cccc(S(=O)(=O)N(CC)CCCO)c1. The average molecular weight is 314 g/mol. The predicted molar refractivity (Wildman–Crippen MR) is 84.7 cm³/mol. The molecule has 0 saturated heterocycles. The molecule has 1 unspecified atom stereocenters. The molecule has 2 N–H and O–H groups in total. The van der Waals surface area contributed by atoms with E-state index in [0.29, 0.717) is 24.4 Å². The van der Waals surface area contributed by atoms with Crippen molar-refractivity contribution < 1.29 is 13.5 Å². The van der Waals surface area contributed by atoms with Gasteiger partial charge in [0, 0.05) is 25.7 Å². The zero-order valence-electron chi connectivity index (χ0n) is 13.0. The molecule has 0 saturated carbocycles. The number of hydrogen-bond acceptors (Lipinski definition) is 4. The third-order valence-corrected chi connectivity index (χ3v) is 5.39. The molecule has 1 atom stereocenters. The molecule has 0 aliphatic rings. The summed E-state index contributed by atoms with van der Waals surface area (Å²) in [7, 11) is -3.50. The second-order valence-electron chi connectivity index (χ2n) is 4.93. The van der Waals surface area contributed by atoms with Gasteiger partial charge >= 0.3 is 0 Å². The van der Waals surface area contributed by atoms with Crippen LogP contribution < -0.4 is 5.32 Å². The van der Waals surface area contributed by atoms with Gasteiger partial charge in [-0.05, 0) is 37.6 Å². The molecule has 5 nitrogen and oxygen atoms in total. The van der Waals surface area contributed by atoms with Crippen molar-refractivity contribution in [3.63, 3.8) is 0 Å². The maximum atomic E-state index is 12.6. The summed E-state index contributed by atoms with van der Waals surface area (Å²) in [6.45, 7) is 7.39. The quantitative estimate of drug-likeness (QED) is 0.728. The lowest BCUT2D eigenvalue weighted by Crippen LogP contribution is -2.32. The topological polar surface area (TPSA) is 69.6 Å². The van der Waals surface area contributed by atoms with Crippen LogP contribution >= 0.6 is 0 Å². The van der Waals surface area contributed by atoms with Crippen LogP contribution in [0, 0.1) is 0 Å². The summed E-state index contributed by atoms with van der Waals surface area (Å²) in [5.41, 5.74) is 0.955. The Morgan fingerprint density at radius 3 is 2.62 bits per heavy atom. The highest BCUT2D eigenvalue weighted by atomic mass is 32.2. The highest BCUT2D eigenvalue weighted by Gasteiger charge is 2.23. The molecule has 21 heavy (non-hydrogen) atoms. The van der Waals surface area contributed by atoms with Crippen molar-refractivity contribution in [2.45, 2.75) is 38.1 Å². The van der Waals surface area contributed by atoms with Crippen molar-refractivity contribution in [1.29, 1.82) is 0 Å². The van der Waals surface area contributed by atoms with Gasteiger partial charge in [-0.2, -0.15) is 4.31 Å². The molecule has 1 aromatic rings. The minimum absolute atomic E-state index is 0.0104. The lowest BCUT2D eigenvalue weighted by atomic mass is 10.1. The van der Waals surface area contributed by atoms with Gasteiger partial charge in [0.1, 0.15) is 0 Å². The number of sulfonamides is 1. The van der Waals surface area contributed by atoms with E-state index in [9.17, 15) is 8.42 Å². The lowest BCUT2D eigenvalue weighted by molar-refractivity contribution is 0.271. The van der Waals surface area contributed by atoms with Crippen molar-refractivity contribution >= 4 is 10.0 Å². The molecule has 0 bridgehead atoms. The number of nitrogens with one attached hydrogen (secondary N) is 1. The van der Waals surface area contributed by atoms with Crippen molar-refractivity contribution in [2.75, 3.05) is 26.2 Å². The molecule has 0 fully saturated rings. The summed E-state index contributed by atoms with van der Waals surface area (Å²) in [6, 6.07) is 7.16. The fourth-order valence-electron chi connectivity index (χ4n) is 2.21. The van der Waals surface area contributed by atoms with Gasteiger partial charge in [0.25, 0.3) is 0 Å². The van der Waals surface area contributed by atoms with E-state index in [1.807, 2.05) is 19.9 Å². The maximum absolute atomic E-state index is 12.6. The number of aliphatic hydroxyl groups is 1. The van der Waals surface area contributed by atoms with Gasteiger partial charge in [0.15, 0.2) is 0 Å². The fourth-order valence-corrected chi connectivity index (χ4v) is 3.76. The summed E-state index contributed by atoms with van der Waals surface area (Å²) in [6.07, 6.45) is 0.445. The zero-order chi connectivity index (χ0) is 15.9. The summed E-state index contributed by atoms with van der Waals surface area (Å²) in [5.74, 6) is 0. The summed E-state index contributed by atoms with van der Waals surface area (Å²) in [4.78, 5) is 0.310. The van der Waals surface area contributed by atoms with Crippen LogP contribution in [-0.4, -0.2) is 44.1 Å². The van der Waals surface area contributed by atoms with Crippen LogP contribution in [-0.2, 0) is 10.0 Å². The van der Waals surface area contributed by atoms with E-state index >= 15 is 0 Å². The molecule has 0 radical (unpaired) electrons. The Bertz CT molecular complexity index is 531. The standard InChI is InChI=1S/C15H26N2O3S/c1-4-16-13(3)14-8-6-9-15(12-14)21(19,20)17(5-2)10-7-11-18/h6,8-9,12-13,16,18H,4-5,7,10-11H2,1-3H3. The highest BCUT2D eigenvalue weighted by molar-refractivity contribution is 7.89. The predicted octanol–water partition coefficient (Wildman–Crippen LogP) is 1.75. The van der Waals surface area contributed by atoms with Gasteiger partial charge in [-0.15, -0.1) is 0 Å². The van der Waals surface area contributed by atoms with E-state index in [-0.39, 0.29) is 12.6 Å². The van der Waals surface area contributed by atoms with Gasteiger partial charge in [-0.3, -0.25) is 0 Å². The first kappa shape index (κ1) is 18.1. The van der Waals surface area contributed by atoms with Crippen LogP contribution in [0.5, 0.6) is 0 Å². The summed E-state index contributed by atoms with van der Waals surface area (Å²) < 4.78 is 26.7. The van der Waals surface area contributed by atoms with E-state index in [1.165, 1.54) is 4.31 Å². The average Bonchev–Trinajstić information content (AvgIpc) is 2.48. The molecule has 1 aromatic carbocycles. The van der Waals surface area contributed by atoms with Gasteiger partial charge in [-0.25, -0.2) is 8.42 Å². The number of nitrogens with zero attached hydrogens (tertiary/aromatic N) is 1. The fraction of sp³-hybridized carbons (Fsp3) is 0.600. The minimum Gasteiger partial charge on any atom is -0.396 e. The smallest absolute Gasteiger partial charge is 0.243 e. The Morgan fingerprint density at radius 2 is 2.05 bits per heavy atom. The Morgan fingerprint density at radius 1 is 1.33 bits per heavy atom. The first-order valence-corrected chi connectivity index (χ1v) is 8.85. The van der Waals surface area contributed by atoms with E-state index in [4.69, 9.17) is 5.11 Å². The zero-order valence-corrected chi connectivity index (χ0v) is 13.9. The number of hydrogen-bond donors (Lipinski definition) is 2. The molecule has 0 amide bonds. The molecular weight excluding hydrogens is 288 g/mol. The number of aliphatic hydroxyl groups excluding tert-OH is 1. The first-order valence-electron chi connectivity index (χ1n) is 7.41. The first-order chi connectivity index (χ1) is 9.97. The van der Waals surface area contributed by atoms with Gasteiger partial charge in [0.05, 0.1) is 4.90 Å². The third-order valence-electron chi connectivity index (χ3n) is 3.42. The maximum Gasteiger partial charge on any atom is 0.243 e. The van der Waals surface area contributed by atoms with Crippen molar-refractivity contribution in [2.24, 2.45) is 0 Å². The van der Waals surface area contributed by atoms with Crippen molar-refractivity contribution in [3.05, 3.63) is 29.8 Å². The van der Waals surface area contributed by atoms with Crippen LogP contribution in [0.2, 0.25) is 0 Å². The molecule has 1 rings (SSSR count). The molecule has 6 heteroatoms. The molecular formula is C15H26N2O3S. The Labute approximate surface area is 128 Å². The van der Waals surface area contributed by atoms with Crippen LogP contribution in [0.4, 0.5) is 0 Å². The second-order valence-corrected chi connectivity index (χ2v) is 6.86. The Hall–Kier alpha value is -0.950. The van der Waals surface area contributed by atoms with E-state index < -0.39 is 10.0 Å². The molecule has 0 aliphatic carbocycles.